The fourth-order valence-electron chi connectivity index (χ4n) is 5.64. The van der Waals surface area contributed by atoms with Gasteiger partial charge in [-0.3, -0.25) is 14.0 Å². The Morgan fingerprint density at radius 1 is 1.17 bits per heavy atom. The minimum atomic E-state index is -0.135. The first-order valence-electron chi connectivity index (χ1n) is 12.8. The molecule has 0 aliphatic carbocycles. The lowest BCUT2D eigenvalue weighted by Crippen LogP contribution is -2.37. The molecule has 0 spiro atoms. The fraction of sp³-hybridized carbons (Fsp3) is 0.538. The first-order valence-corrected chi connectivity index (χ1v) is 13.6. The number of rotatable bonds is 6. The monoisotopic (exact) mass is 508 g/mol. The molecular weight excluding hydrogens is 476 g/mol. The van der Waals surface area contributed by atoms with E-state index in [0.717, 1.165) is 67.3 Å². The van der Waals surface area contributed by atoms with Crippen LogP contribution in [0, 0.1) is 13.8 Å². The molecule has 0 amide bonds. The highest BCUT2D eigenvalue weighted by atomic mass is 32.2. The standard InChI is InChI=1S/C26H32N6O3S/c1-4-34-25(33)14-30-7-5-18(6-8-30)21-11-22-19(9-16(21)2)13-27-31(22)23-12-24(29-17(3)28-23)32-20-10-26(36-32)35-15-20/h9,11-13,18,20,26H,4-8,10,14-15H2,1-3H3. The van der Waals surface area contributed by atoms with Gasteiger partial charge in [0.1, 0.15) is 17.1 Å². The van der Waals surface area contributed by atoms with E-state index in [1.54, 1.807) is 11.9 Å². The Morgan fingerprint density at radius 3 is 2.69 bits per heavy atom. The van der Waals surface area contributed by atoms with Crippen LogP contribution in [0.3, 0.4) is 0 Å². The molecule has 10 heteroatoms. The maximum Gasteiger partial charge on any atom is 0.320 e. The van der Waals surface area contributed by atoms with E-state index in [4.69, 9.17) is 24.5 Å². The van der Waals surface area contributed by atoms with Crippen molar-refractivity contribution < 1.29 is 14.3 Å². The summed E-state index contributed by atoms with van der Waals surface area (Å²) in [4.78, 5) is 23.6. The Balaban J connectivity index is 1.26. The van der Waals surface area contributed by atoms with E-state index in [2.05, 4.69) is 28.3 Å². The van der Waals surface area contributed by atoms with Gasteiger partial charge in [-0.05, 0) is 87.8 Å². The van der Waals surface area contributed by atoms with Gasteiger partial charge in [-0.15, -0.1) is 0 Å². The number of carbonyl (C=O) groups is 1. The number of aryl methyl sites for hydroxylation is 2. The SMILES string of the molecule is CCOC(=O)CN1CCC(c2cc3c(cnn3-c3cc(N4SC5CC4CO5)nc(C)n3)cc2C)CC1. The van der Waals surface area contributed by atoms with Crippen LogP contribution in [-0.4, -0.2) is 74.9 Å². The maximum absolute atomic E-state index is 11.9. The minimum Gasteiger partial charge on any atom is -0.465 e. The van der Waals surface area contributed by atoms with E-state index >= 15 is 0 Å². The second-order valence-electron chi connectivity index (χ2n) is 9.89. The molecule has 3 saturated heterocycles. The van der Waals surface area contributed by atoms with Crippen molar-refractivity contribution in [2.24, 2.45) is 0 Å². The minimum absolute atomic E-state index is 0.135. The number of anilines is 1. The van der Waals surface area contributed by atoms with Gasteiger partial charge in [0, 0.05) is 17.9 Å². The van der Waals surface area contributed by atoms with Crippen LogP contribution >= 0.6 is 11.9 Å². The van der Waals surface area contributed by atoms with Gasteiger partial charge in [0.25, 0.3) is 0 Å². The van der Waals surface area contributed by atoms with Crippen LogP contribution in [0.5, 0.6) is 0 Å². The Morgan fingerprint density at radius 2 is 1.97 bits per heavy atom. The van der Waals surface area contributed by atoms with Crippen LogP contribution in [0.15, 0.2) is 24.4 Å². The predicted octanol–water partition coefficient (Wildman–Crippen LogP) is 3.76. The second kappa shape index (κ2) is 9.64. The smallest absolute Gasteiger partial charge is 0.320 e. The number of ether oxygens (including phenoxy) is 2. The Hall–Kier alpha value is -2.69. The average Bonchev–Trinajstić information content (AvgIpc) is 3.60. The third kappa shape index (κ3) is 4.46. The average molecular weight is 509 g/mol. The van der Waals surface area contributed by atoms with Gasteiger partial charge < -0.3 is 9.47 Å². The highest BCUT2D eigenvalue weighted by Crippen LogP contribution is 2.43. The van der Waals surface area contributed by atoms with Crippen molar-refractivity contribution in [1.82, 2.24) is 24.6 Å². The largest absolute Gasteiger partial charge is 0.465 e. The summed E-state index contributed by atoms with van der Waals surface area (Å²) in [5, 5.41) is 5.84. The summed E-state index contributed by atoms with van der Waals surface area (Å²) in [5.41, 5.74) is 3.94. The molecule has 0 saturated carbocycles. The number of carbonyl (C=O) groups excluding carboxylic acids is 1. The van der Waals surface area contributed by atoms with E-state index in [-0.39, 0.29) is 11.4 Å². The van der Waals surface area contributed by atoms with Crippen molar-refractivity contribution in [1.29, 1.82) is 0 Å². The molecule has 3 aliphatic heterocycles. The number of benzene rings is 1. The molecule has 9 nitrogen and oxygen atoms in total. The molecule has 5 heterocycles. The number of likely N-dealkylation sites (tertiary alicyclic amines) is 1. The van der Waals surface area contributed by atoms with Gasteiger partial charge in [-0.2, -0.15) is 5.10 Å². The molecule has 2 atom stereocenters. The molecule has 1 aromatic carbocycles. The number of fused-ring (bicyclic) bond motifs is 3. The number of piperidine rings is 1. The van der Waals surface area contributed by atoms with Gasteiger partial charge in [0.15, 0.2) is 5.82 Å². The summed E-state index contributed by atoms with van der Waals surface area (Å²) < 4.78 is 15.1. The molecular formula is C26H32N6O3S. The third-order valence-corrected chi connectivity index (χ3v) is 8.67. The van der Waals surface area contributed by atoms with E-state index in [1.807, 2.05) is 30.8 Å². The number of aromatic nitrogens is 4. The Kier molecular flexibility index (Phi) is 6.35. The molecule has 3 aromatic rings. The van der Waals surface area contributed by atoms with E-state index in [0.29, 0.717) is 25.1 Å². The zero-order valence-corrected chi connectivity index (χ0v) is 21.8. The molecule has 0 radical (unpaired) electrons. The van der Waals surface area contributed by atoms with E-state index < -0.39 is 0 Å². The Bertz CT molecular complexity index is 1290. The third-order valence-electron chi connectivity index (χ3n) is 7.40. The molecule has 3 aliphatic rings. The number of hydrogen-bond acceptors (Lipinski definition) is 9. The molecule has 2 bridgehead atoms. The number of nitrogens with zero attached hydrogens (tertiary/aromatic N) is 6. The molecule has 3 fully saturated rings. The summed E-state index contributed by atoms with van der Waals surface area (Å²) in [6.45, 7) is 9.33. The van der Waals surface area contributed by atoms with E-state index in [1.165, 1.54) is 11.1 Å². The van der Waals surface area contributed by atoms with Crippen LogP contribution in [-0.2, 0) is 14.3 Å². The highest BCUT2D eigenvalue weighted by molar-refractivity contribution is 8.01. The zero-order chi connectivity index (χ0) is 24.8. The summed E-state index contributed by atoms with van der Waals surface area (Å²) >= 11 is 1.72. The van der Waals surface area contributed by atoms with Crippen molar-refractivity contribution >= 4 is 34.6 Å². The fourth-order valence-corrected chi connectivity index (χ4v) is 6.86. The molecule has 36 heavy (non-hydrogen) atoms. The second-order valence-corrected chi connectivity index (χ2v) is 11.0. The molecule has 190 valence electrons. The normalized spacial score (nSPS) is 22.6. The molecule has 2 aromatic heterocycles. The van der Waals surface area contributed by atoms with Crippen LogP contribution in [0.1, 0.15) is 49.1 Å². The van der Waals surface area contributed by atoms with Gasteiger partial charge in [0.05, 0.1) is 37.5 Å². The summed E-state index contributed by atoms with van der Waals surface area (Å²) in [7, 11) is 0. The van der Waals surface area contributed by atoms with Crippen molar-refractivity contribution in [3.05, 3.63) is 41.3 Å². The number of esters is 1. The van der Waals surface area contributed by atoms with Gasteiger partial charge >= 0.3 is 5.97 Å². The molecule has 2 unspecified atom stereocenters. The topological polar surface area (TPSA) is 85.6 Å². The lowest BCUT2D eigenvalue weighted by molar-refractivity contribution is -0.144. The van der Waals surface area contributed by atoms with Gasteiger partial charge in [0.2, 0.25) is 0 Å². The molecule has 6 rings (SSSR count). The highest BCUT2D eigenvalue weighted by Gasteiger charge is 2.41. The van der Waals surface area contributed by atoms with Crippen LogP contribution < -0.4 is 4.31 Å². The lowest BCUT2D eigenvalue weighted by Gasteiger charge is -2.32. The predicted molar refractivity (Wildman–Crippen MR) is 139 cm³/mol. The van der Waals surface area contributed by atoms with Crippen molar-refractivity contribution in [3.8, 4) is 5.82 Å². The van der Waals surface area contributed by atoms with Crippen molar-refractivity contribution in [2.45, 2.75) is 57.4 Å². The number of hydrogen-bond donors (Lipinski definition) is 0. The zero-order valence-electron chi connectivity index (χ0n) is 21.0. The summed E-state index contributed by atoms with van der Waals surface area (Å²) in [6.07, 6.45) is 5.00. The van der Waals surface area contributed by atoms with Crippen molar-refractivity contribution in [2.75, 3.05) is 37.2 Å². The van der Waals surface area contributed by atoms with Crippen molar-refractivity contribution in [3.63, 3.8) is 0 Å². The van der Waals surface area contributed by atoms with Crippen LogP contribution in [0.25, 0.3) is 16.7 Å². The summed E-state index contributed by atoms with van der Waals surface area (Å²) in [6, 6.07) is 6.93. The lowest BCUT2D eigenvalue weighted by atomic mass is 9.86. The first kappa shape index (κ1) is 23.7. The maximum atomic E-state index is 11.9. The van der Waals surface area contributed by atoms with Gasteiger partial charge in [-0.1, -0.05) is 0 Å². The van der Waals surface area contributed by atoms with Crippen LogP contribution in [0.2, 0.25) is 0 Å². The van der Waals surface area contributed by atoms with E-state index in [9.17, 15) is 4.79 Å². The van der Waals surface area contributed by atoms with Gasteiger partial charge in [-0.25, -0.2) is 14.6 Å². The quantitative estimate of drug-likeness (QED) is 0.365. The molecule has 0 N–H and O–H groups in total. The van der Waals surface area contributed by atoms with Crippen LogP contribution in [0.4, 0.5) is 5.82 Å². The summed E-state index contributed by atoms with van der Waals surface area (Å²) in [5.74, 6) is 2.76. The first-order chi connectivity index (χ1) is 17.5. The Labute approximate surface area is 215 Å².